The number of aromatic nitrogens is 2. The average molecular weight is 254 g/mol. The van der Waals surface area contributed by atoms with Gasteiger partial charge in [-0.3, -0.25) is 0 Å². The van der Waals surface area contributed by atoms with Crippen molar-refractivity contribution in [3.05, 3.63) is 17.8 Å². The van der Waals surface area contributed by atoms with E-state index in [1.54, 1.807) is 14.2 Å². The van der Waals surface area contributed by atoms with Crippen molar-refractivity contribution in [3.63, 3.8) is 0 Å². The number of hydrogen-bond donors (Lipinski definition) is 1. The van der Waals surface area contributed by atoms with Crippen LogP contribution in [0.5, 0.6) is 0 Å². The summed E-state index contributed by atoms with van der Waals surface area (Å²) in [4.78, 5) is 2.13. The molecule has 1 aromatic rings. The Balaban J connectivity index is 2.60. The molecule has 0 saturated carbocycles. The number of methoxy groups -OCH3 is 2. The first-order valence-electron chi connectivity index (χ1n) is 6.07. The lowest BCUT2D eigenvalue weighted by Gasteiger charge is -2.22. The van der Waals surface area contributed by atoms with Gasteiger partial charge in [0.2, 0.25) is 0 Å². The van der Waals surface area contributed by atoms with Gasteiger partial charge in [0, 0.05) is 40.5 Å². The Morgan fingerprint density at radius 3 is 2.44 bits per heavy atom. The zero-order valence-corrected chi connectivity index (χ0v) is 11.1. The molecule has 18 heavy (non-hydrogen) atoms. The van der Waals surface area contributed by atoms with Gasteiger partial charge in [-0.05, 0) is 18.6 Å². The molecule has 6 nitrogen and oxygen atoms in total. The molecule has 0 radical (unpaired) electrons. The first-order chi connectivity index (χ1) is 8.81. The molecular weight excluding hydrogens is 232 g/mol. The highest BCUT2D eigenvalue weighted by Crippen LogP contribution is 2.10. The standard InChI is InChI=1S/C12H22N4O2/c1-17-8-3-6-16(7-9-18-2)12-5-4-11(10-13)14-15-12/h4-5H,3,6-10,13H2,1-2H3. The summed E-state index contributed by atoms with van der Waals surface area (Å²) >= 11 is 0. The van der Waals surface area contributed by atoms with Crippen LogP contribution in [0.3, 0.4) is 0 Å². The molecule has 0 bridgehead atoms. The molecule has 1 rings (SSSR count). The fraction of sp³-hybridized carbons (Fsp3) is 0.667. The van der Waals surface area contributed by atoms with Crippen molar-refractivity contribution < 1.29 is 9.47 Å². The molecule has 1 aromatic heterocycles. The van der Waals surface area contributed by atoms with Crippen molar-refractivity contribution in [1.82, 2.24) is 10.2 Å². The van der Waals surface area contributed by atoms with Crippen LogP contribution in [0.2, 0.25) is 0 Å². The topological polar surface area (TPSA) is 73.5 Å². The Labute approximate surface area is 108 Å². The highest BCUT2D eigenvalue weighted by Gasteiger charge is 2.08. The van der Waals surface area contributed by atoms with E-state index in [1.807, 2.05) is 12.1 Å². The zero-order chi connectivity index (χ0) is 13.2. The quantitative estimate of drug-likeness (QED) is 0.644. The van der Waals surface area contributed by atoms with Crippen LogP contribution in [-0.4, -0.2) is 50.7 Å². The summed E-state index contributed by atoms with van der Waals surface area (Å²) in [6.07, 6.45) is 0.945. The minimum Gasteiger partial charge on any atom is -0.385 e. The van der Waals surface area contributed by atoms with Crippen molar-refractivity contribution in [2.45, 2.75) is 13.0 Å². The number of ether oxygens (including phenoxy) is 2. The van der Waals surface area contributed by atoms with Gasteiger partial charge in [-0.1, -0.05) is 0 Å². The predicted octanol–water partition coefficient (Wildman–Crippen LogP) is 0.425. The van der Waals surface area contributed by atoms with E-state index in [1.165, 1.54) is 0 Å². The Morgan fingerprint density at radius 1 is 1.11 bits per heavy atom. The smallest absolute Gasteiger partial charge is 0.151 e. The fourth-order valence-corrected chi connectivity index (χ4v) is 1.57. The molecule has 0 aliphatic carbocycles. The maximum atomic E-state index is 5.50. The van der Waals surface area contributed by atoms with E-state index in [2.05, 4.69) is 15.1 Å². The van der Waals surface area contributed by atoms with E-state index < -0.39 is 0 Å². The molecule has 0 atom stereocenters. The first-order valence-corrected chi connectivity index (χ1v) is 6.07. The molecule has 0 aliphatic heterocycles. The zero-order valence-electron chi connectivity index (χ0n) is 11.1. The predicted molar refractivity (Wildman–Crippen MR) is 70.5 cm³/mol. The maximum Gasteiger partial charge on any atom is 0.151 e. The maximum absolute atomic E-state index is 5.50. The largest absolute Gasteiger partial charge is 0.385 e. The van der Waals surface area contributed by atoms with Crippen molar-refractivity contribution in [1.29, 1.82) is 0 Å². The van der Waals surface area contributed by atoms with Crippen LogP contribution < -0.4 is 10.6 Å². The van der Waals surface area contributed by atoms with Gasteiger partial charge in [-0.2, -0.15) is 5.10 Å². The highest BCUT2D eigenvalue weighted by molar-refractivity contribution is 5.37. The Hall–Kier alpha value is -1.24. The third-order valence-corrected chi connectivity index (χ3v) is 2.58. The summed E-state index contributed by atoms with van der Waals surface area (Å²) in [6, 6.07) is 3.84. The lowest BCUT2D eigenvalue weighted by Crippen LogP contribution is -2.30. The van der Waals surface area contributed by atoms with Crippen LogP contribution in [0.25, 0.3) is 0 Å². The SMILES string of the molecule is COCCCN(CCOC)c1ccc(CN)nn1. The Bertz CT molecular complexity index is 318. The minimum atomic E-state index is 0.412. The second-order valence-corrected chi connectivity index (χ2v) is 3.91. The summed E-state index contributed by atoms with van der Waals surface area (Å²) in [5.41, 5.74) is 6.30. The third kappa shape index (κ3) is 4.95. The van der Waals surface area contributed by atoms with E-state index in [0.717, 1.165) is 37.6 Å². The number of anilines is 1. The van der Waals surface area contributed by atoms with E-state index in [-0.39, 0.29) is 0 Å². The average Bonchev–Trinajstić information content (AvgIpc) is 2.43. The van der Waals surface area contributed by atoms with Crippen LogP contribution in [0.1, 0.15) is 12.1 Å². The molecule has 2 N–H and O–H groups in total. The summed E-state index contributed by atoms with van der Waals surface area (Å²) in [6.45, 7) is 3.46. The van der Waals surface area contributed by atoms with Crippen molar-refractivity contribution in [2.24, 2.45) is 5.73 Å². The second kappa shape index (κ2) is 8.79. The molecule has 0 unspecified atom stereocenters. The molecule has 1 heterocycles. The number of nitrogens with two attached hydrogens (primary N) is 1. The number of nitrogens with zero attached hydrogens (tertiary/aromatic N) is 3. The molecule has 102 valence electrons. The molecule has 0 aromatic carbocycles. The monoisotopic (exact) mass is 254 g/mol. The van der Waals surface area contributed by atoms with Crippen LogP contribution in [0.4, 0.5) is 5.82 Å². The van der Waals surface area contributed by atoms with Crippen molar-refractivity contribution in [2.75, 3.05) is 45.4 Å². The minimum absolute atomic E-state index is 0.412. The molecule has 6 heteroatoms. The summed E-state index contributed by atoms with van der Waals surface area (Å²) in [5, 5.41) is 8.25. The third-order valence-electron chi connectivity index (χ3n) is 2.58. The fourth-order valence-electron chi connectivity index (χ4n) is 1.57. The number of hydrogen-bond acceptors (Lipinski definition) is 6. The van der Waals surface area contributed by atoms with Gasteiger partial charge in [0.15, 0.2) is 5.82 Å². The van der Waals surface area contributed by atoms with Crippen LogP contribution in [0.15, 0.2) is 12.1 Å². The van der Waals surface area contributed by atoms with Gasteiger partial charge in [0.05, 0.1) is 12.3 Å². The summed E-state index contributed by atoms with van der Waals surface area (Å²) in [7, 11) is 3.39. The Kier molecular flexibility index (Phi) is 7.24. The normalized spacial score (nSPS) is 10.6. The Morgan fingerprint density at radius 2 is 1.89 bits per heavy atom. The van der Waals surface area contributed by atoms with Gasteiger partial charge in [0.1, 0.15) is 0 Å². The van der Waals surface area contributed by atoms with Crippen molar-refractivity contribution >= 4 is 5.82 Å². The van der Waals surface area contributed by atoms with E-state index in [9.17, 15) is 0 Å². The summed E-state index contributed by atoms with van der Waals surface area (Å²) in [5.74, 6) is 0.848. The molecular formula is C12H22N4O2. The van der Waals surface area contributed by atoms with Gasteiger partial charge >= 0.3 is 0 Å². The first kappa shape index (κ1) is 14.8. The van der Waals surface area contributed by atoms with Gasteiger partial charge in [-0.15, -0.1) is 5.10 Å². The van der Waals surface area contributed by atoms with Crippen LogP contribution in [0, 0.1) is 0 Å². The molecule has 0 aliphatic rings. The van der Waals surface area contributed by atoms with Gasteiger partial charge in [0.25, 0.3) is 0 Å². The van der Waals surface area contributed by atoms with Gasteiger partial charge in [-0.25, -0.2) is 0 Å². The van der Waals surface area contributed by atoms with E-state index in [0.29, 0.717) is 13.2 Å². The molecule has 0 fully saturated rings. The lowest BCUT2D eigenvalue weighted by molar-refractivity contribution is 0.191. The molecule has 0 saturated heterocycles. The van der Waals surface area contributed by atoms with Crippen LogP contribution >= 0.6 is 0 Å². The lowest BCUT2D eigenvalue weighted by atomic mass is 10.3. The van der Waals surface area contributed by atoms with Gasteiger partial charge < -0.3 is 20.1 Å². The molecule has 0 amide bonds. The van der Waals surface area contributed by atoms with Crippen molar-refractivity contribution in [3.8, 4) is 0 Å². The molecule has 0 spiro atoms. The van der Waals surface area contributed by atoms with E-state index >= 15 is 0 Å². The second-order valence-electron chi connectivity index (χ2n) is 3.91. The van der Waals surface area contributed by atoms with E-state index in [4.69, 9.17) is 15.2 Å². The highest BCUT2D eigenvalue weighted by atomic mass is 16.5. The summed E-state index contributed by atoms with van der Waals surface area (Å²) < 4.78 is 10.2. The number of rotatable bonds is 9. The van der Waals surface area contributed by atoms with Crippen LogP contribution in [-0.2, 0) is 16.0 Å².